The average Bonchev–Trinajstić information content (AvgIpc) is 3.18. The van der Waals surface area contributed by atoms with E-state index in [9.17, 15) is 4.79 Å². The van der Waals surface area contributed by atoms with Crippen LogP contribution in [0.15, 0.2) is 60.8 Å². The summed E-state index contributed by atoms with van der Waals surface area (Å²) in [6.45, 7) is 2.69. The van der Waals surface area contributed by atoms with Crippen LogP contribution in [0.3, 0.4) is 0 Å². The third-order valence-electron chi connectivity index (χ3n) is 4.09. The molecule has 1 aliphatic rings. The maximum absolute atomic E-state index is 12.6. The molecule has 1 amide bonds. The van der Waals surface area contributed by atoms with Gasteiger partial charge in [-0.1, -0.05) is 12.1 Å². The summed E-state index contributed by atoms with van der Waals surface area (Å²) in [6, 6.07) is 16.3. The highest BCUT2D eigenvalue weighted by atomic mass is 16.7. The lowest BCUT2D eigenvalue weighted by Gasteiger charge is -2.13. The number of anilines is 3. The Morgan fingerprint density at radius 2 is 1.93 bits per heavy atom. The third-order valence-corrected chi connectivity index (χ3v) is 4.09. The van der Waals surface area contributed by atoms with Crippen molar-refractivity contribution in [2.24, 2.45) is 0 Å². The number of nitrogens with one attached hydrogen (secondary N) is 2. The Labute approximate surface area is 162 Å². The maximum Gasteiger partial charge on any atom is 0.274 e. The molecule has 0 bridgehead atoms. The van der Waals surface area contributed by atoms with Gasteiger partial charge in [-0.05, 0) is 43.3 Å². The van der Waals surface area contributed by atoms with Crippen molar-refractivity contribution in [3.63, 3.8) is 0 Å². The Hall–Kier alpha value is -3.74. The minimum Gasteiger partial charge on any atom is -0.492 e. The first-order chi connectivity index (χ1) is 13.7. The minimum absolute atomic E-state index is 0.186. The number of para-hydroxylation sites is 2. The number of fused-ring (bicyclic) bond motifs is 1. The van der Waals surface area contributed by atoms with Crippen LogP contribution >= 0.6 is 0 Å². The highest BCUT2D eigenvalue weighted by Crippen LogP contribution is 2.34. The van der Waals surface area contributed by atoms with E-state index in [0.29, 0.717) is 23.8 Å². The van der Waals surface area contributed by atoms with Crippen molar-refractivity contribution >= 4 is 23.0 Å². The fourth-order valence-corrected chi connectivity index (χ4v) is 2.81. The molecule has 2 N–H and O–H groups in total. The molecular formula is C21H19N3O4. The Kier molecular flexibility index (Phi) is 4.97. The van der Waals surface area contributed by atoms with Crippen LogP contribution in [0, 0.1) is 0 Å². The van der Waals surface area contributed by atoms with Crippen molar-refractivity contribution in [3.8, 4) is 17.2 Å². The second kappa shape index (κ2) is 7.87. The first-order valence-electron chi connectivity index (χ1n) is 8.89. The number of hydrogen-bond acceptors (Lipinski definition) is 6. The Morgan fingerprint density at radius 1 is 1.07 bits per heavy atom. The molecule has 0 unspecified atom stereocenters. The van der Waals surface area contributed by atoms with Gasteiger partial charge in [0, 0.05) is 23.6 Å². The lowest BCUT2D eigenvalue weighted by Crippen LogP contribution is -2.13. The van der Waals surface area contributed by atoms with Crippen molar-refractivity contribution in [2.45, 2.75) is 6.92 Å². The molecule has 2 heterocycles. The quantitative estimate of drug-likeness (QED) is 0.670. The molecule has 7 nitrogen and oxygen atoms in total. The zero-order valence-electron chi connectivity index (χ0n) is 15.3. The maximum atomic E-state index is 12.6. The van der Waals surface area contributed by atoms with E-state index < -0.39 is 0 Å². The first kappa shape index (κ1) is 17.7. The van der Waals surface area contributed by atoms with Crippen molar-refractivity contribution in [2.75, 3.05) is 24.0 Å². The number of pyridine rings is 1. The third kappa shape index (κ3) is 3.83. The van der Waals surface area contributed by atoms with E-state index in [1.54, 1.807) is 36.5 Å². The van der Waals surface area contributed by atoms with Crippen LogP contribution in [0.5, 0.6) is 17.2 Å². The van der Waals surface area contributed by atoms with Crippen LogP contribution in [-0.4, -0.2) is 24.3 Å². The SMILES string of the molecule is CCOc1ccccc1Nc1ccnc(C(=O)Nc2ccc3c(c2)OCO3)c1. The fourth-order valence-electron chi connectivity index (χ4n) is 2.81. The monoisotopic (exact) mass is 377 g/mol. The Balaban J connectivity index is 1.50. The highest BCUT2D eigenvalue weighted by Gasteiger charge is 2.15. The molecule has 0 saturated heterocycles. The van der Waals surface area contributed by atoms with E-state index in [2.05, 4.69) is 15.6 Å². The topological polar surface area (TPSA) is 81.7 Å². The van der Waals surface area contributed by atoms with Crippen molar-refractivity contribution in [1.29, 1.82) is 0 Å². The van der Waals surface area contributed by atoms with Gasteiger partial charge in [0.25, 0.3) is 5.91 Å². The van der Waals surface area contributed by atoms with Gasteiger partial charge in [-0.25, -0.2) is 0 Å². The van der Waals surface area contributed by atoms with Gasteiger partial charge in [0.2, 0.25) is 6.79 Å². The second-order valence-corrected chi connectivity index (χ2v) is 6.01. The zero-order chi connectivity index (χ0) is 19.3. The van der Waals surface area contributed by atoms with Gasteiger partial charge in [0.05, 0.1) is 12.3 Å². The number of nitrogens with zero attached hydrogens (tertiary/aromatic N) is 1. The minimum atomic E-state index is -0.319. The largest absolute Gasteiger partial charge is 0.492 e. The molecule has 0 atom stereocenters. The average molecular weight is 377 g/mol. The summed E-state index contributed by atoms with van der Waals surface area (Å²) in [7, 11) is 0. The van der Waals surface area contributed by atoms with Crippen LogP contribution < -0.4 is 24.8 Å². The Bertz CT molecular complexity index is 1010. The van der Waals surface area contributed by atoms with Gasteiger partial charge in [0.1, 0.15) is 11.4 Å². The van der Waals surface area contributed by atoms with E-state index in [1.807, 2.05) is 31.2 Å². The standard InChI is InChI=1S/C21H19N3O4/c1-2-26-18-6-4-3-5-16(18)23-15-9-10-22-17(11-15)21(25)24-14-7-8-19-20(12-14)28-13-27-19/h3-12H,2,13H2,1H3,(H,22,23)(H,24,25). The number of ether oxygens (including phenoxy) is 3. The van der Waals surface area contributed by atoms with Crippen molar-refractivity contribution < 1.29 is 19.0 Å². The summed E-state index contributed by atoms with van der Waals surface area (Å²) >= 11 is 0. The van der Waals surface area contributed by atoms with Crippen molar-refractivity contribution in [1.82, 2.24) is 4.98 Å². The molecule has 1 aliphatic heterocycles. The van der Waals surface area contributed by atoms with Gasteiger partial charge in [-0.2, -0.15) is 0 Å². The molecular weight excluding hydrogens is 358 g/mol. The number of rotatable bonds is 6. The first-order valence-corrected chi connectivity index (χ1v) is 8.89. The molecule has 0 saturated carbocycles. The lowest BCUT2D eigenvalue weighted by atomic mass is 10.2. The van der Waals surface area contributed by atoms with Gasteiger partial charge in [0.15, 0.2) is 11.5 Å². The molecule has 3 aromatic rings. The lowest BCUT2D eigenvalue weighted by molar-refractivity contribution is 0.102. The van der Waals surface area contributed by atoms with E-state index in [1.165, 1.54) is 0 Å². The number of benzene rings is 2. The number of carbonyl (C=O) groups is 1. The summed E-state index contributed by atoms with van der Waals surface area (Å²) in [5.74, 6) is 1.69. The summed E-state index contributed by atoms with van der Waals surface area (Å²) in [5, 5.41) is 6.09. The molecule has 0 fully saturated rings. The van der Waals surface area contributed by atoms with Gasteiger partial charge in [-0.3, -0.25) is 9.78 Å². The van der Waals surface area contributed by atoms with E-state index in [4.69, 9.17) is 14.2 Å². The molecule has 2 aromatic carbocycles. The summed E-state index contributed by atoms with van der Waals surface area (Å²) in [6.07, 6.45) is 1.58. The molecule has 142 valence electrons. The van der Waals surface area contributed by atoms with E-state index >= 15 is 0 Å². The van der Waals surface area contributed by atoms with Crippen LogP contribution in [0.4, 0.5) is 17.1 Å². The molecule has 0 spiro atoms. The van der Waals surface area contributed by atoms with Gasteiger partial charge >= 0.3 is 0 Å². The summed E-state index contributed by atoms with van der Waals surface area (Å²) in [5.41, 5.74) is 2.45. The summed E-state index contributed by atoms with van der Waals surface area (Å²) in [4.78, 5) is 16.8. The predicted octanol–water partition coefficient (Wildman–Crippen LogP) is 4.20. The van der Waals surface area contributed by atoms with Crippen LogP contribution in [0.2, 0.25) is 0 Å². The number of amides is 1. The van der Waals surface area contributed by atoms with Crippen molar-refractivity contribution in [3.05, 3.63) is 66.5 Å². The number of carbonyl (C=O) groups excluding carboxylic acids is 1. The smallest absolute Gasteiger partial charge is 0.274 e. The molecule has 7 heteroatoms. The molecule has 28 heavy (non-hydrogen) atoms. The molecule has 1 aromatic heterocycles. The highest BCUT2D eigenvalue weighted by molar-refractivity contribution is 6.03. The molecule has 0 aliphatic carbocycles. The zero-order valence-corrected chi connectivity index (χ0v) is 15.3. The van der Waals surface area contributed by atoms with E-state index in [-0.39, 0.29) is 18.4 Å². The van der Waals surface area contributed by atoms with Crippen LogP contribution in [0.1, 0.15) is 17.4 Å². The number of aromatic nitrogens is 1. The second-order valence-electron chi connectivity index (χ2n) is 6.01. The fraction of sp³-hybridized carbons (Fsp3) is 0.143. The van der Waals surface area contributed by atoms with Gasteiger partial charge < -0.3 is 24.8 Å². The van der Waals surface area contributed by atoms with Crippen LogP contribution in [-0.2, 0) is 0 Å². The van der Waals surface area contributed by atoms with Crippen LogP contribution in [0.25, 0.3) is 0 Å². The van der Waals surface area contributed by atoms with E-state index in [0.717, 1.165) is 17.1 Å². The molecule has 0 radical (unpaired) electrons. The predicted molar refractivity (Wildman–Crippen MR) is 106 cm³/mol. The number of hydrogen-bond donors (Lipinski definition) is 2. The summed E-state index contributed by atoms with van der Waals surface area (Å²) < 4.78 is 16.2. The normalized spacial score (nSPS) is 11.8. The van der Waals surface area contributed by atoms with Gasteiger partial charge in [-0.15, -0.1) is 0 Å². The Morgan fingerprint density at radius 3 is 2.82 bits per heavy atom. The molecule has 4 rings (SSSR count).